The van der Waals surface area contributed by atoms with E-state index in [2.05, 4.69) is 0 Å². The first-order chi connectivity index (χ1) is 14.9. The zero-order chi connectivity index (χ0) is 22.4. The van der Waals surface area contributed by atoms with Gasteiger partial charge in [-0.2, -0.15) is 0 Å². The molecule has 0 unspecified atom stereocenters. The monoisotopic (exact) mass is 458 g/mol. The molecule has 3 aromatic carbocycles. The molecule has 8 heteroatoms. The molecule has 0 aliphatic carbocycles. The van der Waals surface area contributed by atoms with E-state index in [0.717, 1.165) is 0 Å². The van der Waals surface area contributed by atoms with Crippen molar-refractivity contribution in [2.75, 3.05) is 13.7 Å². The largest absolute Gasteiger partial charge is 0.497 e. The summed E-state index contributed by atoms with van der Waals surface area (Å²) < 4.78 is 15.4. The SMILES string of the molecule is COc1cccc(C(=O)Oc2ccc(C(=O)COC(=O)c3ccc(Cl)c(Cl)c3)cc2)c1. The van der Waals surface area contributed by atoms with Gasteiger partial charge in [-0.15, -0.1) is 0 Å². The third kappa shape index (κ3) is 5.84. The van der Waals surface area contributed by atoms with Crippen molar-refractivity contribution in [2.24, 2.45) is 0 Å². The van der Waals surface area contributed by atoms with Gasteiger partial charge in [0, 0.05) is 5.56 Å². The highest BCUT2D eigenvalue weighted by molar-refractivity contribution is 6.42. The zero-order valence-electron chi connectivity index (χ0n) is 16.3. The lowest BCUT2D eigenvalue weighted by molar-refractivity contribution is 0.0474. The van der Waals surface area contributed by atoms with Gasteiger partial charge in [0.05, 0.1) is 28.3 Å². The van der Waals surface area contributed by atoms with Crippen LogP contribution in [0.1, 0.15) is 31.1 Å². The van der Waals surface area contributed by atoms with E-state index < -0.39 is 24.3 Å². The first kappa shape index (κ1) is 22.3. The number of carbonyl (C=O) groups is 3. The Morgan fingerprint density at radius 2 is 1.42 bits per heavy atom. The summed E-state index contributed by atoms with van der Waals surface area (Å²) in [4.78, 5) is 36.6. The predicted molar refractivity (Wildman–Crippen MR) is 115 cm³/mol. The number of halogens is 2. The Hall–Kier alpha value is -3.35. The second-order valence-electron chi connectivity index (χ2n) is 6.27. The van der Waals surface area contributed by atoms with Gasteiger partial charge in [-0.05, 0) is 60.7 Å². The van der Waals surface area contributed by atoms with Crippen molar-refractivity contribution in [2.45, 2.75) is 0 Å². The molecule has 31 heavy (non-hydrogen) atoms. The van der Waals surface area contributed by atoms with E-state index in [1.807, 2.05) is 0 Å². The Morgan fingerprint density at radius 1 is 0.742 bits per heavy atom. The number of carbonyl (C=O) groups excluding carboxylic acids is 3. The van der Waals surface area contributed by atoms with E-state index in [0.29, 0.717) is 21.9 Å². The summed E-state index contributed by atoms with van der Waals surface area (Å²) in [6, 6.07) is 16.7. The summed E-state index contributed by atoms with van der Waals surface area (Å²) in [5.41, 5.74) is 0.804. The first-order valence-electron chi connectivity index (χ1n) is 8.99. The van der Waals surface area contributed by atoms with E-state index >= 15 is 0 Å². The number of methoxy groups -OCH3 is 1. The van der Waals surface area contributed by atoms with Crippen LogP contribution in [-0.4, -0.2) is 31.4 Å². The van der Waals surface area contributed by atoms with Gasteiger partial charge in [0.25, 0.3) is 0 Å². The number of benzene rings is 3. The Bertz CT molecular complexity index is 1130. The van der Waals surface area contributed by atoms with Crippen molar-refractivity contribution in [3.8, 4) is 11.5 Å². The number of hydrogen-bond donors (Lipinski definition) is 0. The van der Waals surface area contributed by atoms with Crippen LogP contribution in [0.4, 0.5) is 0 Å². The zero-order valence-corrected chi connectivity index (χ0v) is 17.8. The van der Waals surface area contributed by atoms with Gasteiger partial charge in [0.1, 0.15) is 11.5 Å². The fourth-order valence-electron chi connectivity index (χ4n) is 2.55. The van der Waals surface area contributed by atoms with Crippen LogP contribution in [0.5, 0.6) is 11.5 Å². The molecule has 0 fully saturated rings. The van der Waals surface area contributed by atoms with Gasteiger partial charge in [-0.3, -0.25) is 4.79 Å². The number of hydrogen-bond acceptors (Lipinski definition) is 6. The Morgan fingerprint density at radius 3 is 2.10 bits per heavy atom. The lowest BCUT2D eigenvalue weighted by Crippen LogP contribution is -2.14. The quantitative estimate of drug-likeness (QED) is 0.273. The normalized spacial score (nSPS) is 10.3. The second-order valence-corrected chi connectivity index (χ2v) is 7.09. The summed E-state index contributed by atoms with van der Waals surface area (Å²) >= 11 is 11.7. The van der Waals surface area contributed by atoms with Crippen molar-refractivity contribution in [1.29, 1.82) is 0 Å². The number of rotatable bonds is 7. The van der Waals surface area contributed by atoms with Gasteiger partial charge in [0.2, 0.25) is 0 Å². The van der Waals surface area contributed by atoms with Crippen LogP contribution in [0.15, 0.2) is 66.7 Å². The summed E-state index contributed by atoms with van der Waals surface area (Å²) in [5.74, 6) is -0.883. The maximum absolute atomic E-state index is 12.3. The van der Waals surface area contributed by atoms with Crippen molar-refractivity contribution in [1.82, 2.24) is 0 Å². The fraction of sp³-hybridized carbons (Fsp3) is 0.0870. The highest BCUT2D eigenvalue weighted by atomic mass is 35.5. The number of esters is 2. The molecule has 3 aromatic rings. The summed E-state index contributed by atoms with van der Waals surface area (Å²) in [6.45, 7) is -0.456. The minimum absolute atomic E-state index is 0.182. The molecule has 0 saturated heterocycles. The number of ether oxygens (including phenoxy) is 3. The smallest absolute Gasteiger partial charge is 0.343 e. The molecule has 0 aliphatic rings. The molecule has 0 spiro atoms. The van der Waals surface area contributed by atoms with Crippen molar-refractivity contribution in [3.63, 3.8) is 0 Å². The molecule has 0 saturated carbocycles. The van der Waals surface area contributed by atoms with E-state index in [-0.39, 0.29) is 16.3 Å². The molecule has 3 rings (SSSR count). The minimum Gasteiger partial charge on any atom is -0.497 e. The molecule has 0 amide bonds. The van der Waals surface area contributed by atoms with Gasteiger partial charge < -0.3 is 14.2 Å². The lowest BCUT2D eigenvalue weighted by Gasteiger charge is -2.07. The molecule has 6 nitrogen and oxygen atoms in total. The van der Waals surface area contributed by atoms with E-state index in [9.17, 15) is 14.4 Å². The maximum atomic E-state index is 12.3. The van der Waals surface area contributed by atoms with Crippen LogP contribution in [0.2, 0.25) is 10.0 Å². The van der Waals surface area contributed by atoms with Crippen LogP contribution in [-0.2, 0) is 4.74 Å². The van der Waals surface area contributed by atoms with Crippen LogP contribution in [0.25, 0.3) is 0 Å². The van der Waals surface area contributed by atoms with Crippen molar-refractivity contribution < 1.29 is 28.6 Å². The average molecular weight is 459 g/mol. The summed E-state index contributed by atoms with van der Waals surface area (Å²) in [7, 11) is 1.50. The Balaban J connectivity index is 1.57. The van der Waals surface area contributed by atoms with Crippen molar-refractivity contribution in [3.05, 3.63) is 93.5 Å². The van der Waals surface area contributed by atoms with Gasteiger partial charge in [-0.1, -0.05) is 29.3 Å². The van der Waals surface area contributed by atoms with Gasteiger partial charge >= 0.3 is 11.9 Å². The fourth-order valence-corrected chi connectivity index (χ4v) is 2.84. The summed E-state index contributed by atoms with van der Waals surface area (Å²) in [5, 5.41) is 0.517. The topological polar surface area (TPSA) is 78.9 Å². The molecule has 0 heterocycles. The van der Waals surface area contributed by atoms with Crippen LogP contribution < -0.4 is 9.47 Å². The van der Waals surface area contributed by atoms with Crippen LogP contribution in [0, 0.1) is 0 Å². The molecule has 158 valence electrons. The van der Waals surface area contributed by atoms with E-state index in [4.69, 9.17) is 37.4 Å². The molecule has 0 atom stereocenters. The second kappa shape index (κ2) is 10.1. The molecule has 0 aromatic heterocycles. The highest BCUT2D eigenvalue weighted by Gasteiger charge is 2.14. The lowest BCUT2D eigenvalue weighted by atomic mass is 10.1. The maximum Gasteiger partial charge on any atom is 0.343 e. The van der Waals surface area contributed by atoms with Crippen LogP contribution in [0.3, 0.4) is 0 Å². The summed E-state index contributed by atoms with van der Waals surface area (Å²) in [6.07, 6.45) is 0. The van der Waals surface area contributed by atoms with Crippen molar-refractivity contribution >= 4 is 40.9 Å². The van der Waals surface area contributed by atoms with E-state index in [1.165, 1.54) is 49.6 Å². The average Bonchev–Trinajstić information content (AvgIpc) is 2.79. The minimum atomic E-state index is -0.698. The standard InChI is InChI=1S/C23H16Cl2O6/c1-29-18-4-2-3-15(11-18)23(28)31-17-8-5-14(6-9-17)21(26)13-30-22(27)16-7-10-19(24)20(25)12-16/h2-12H,13H2,1H3. The van der Waals surface area contributed by atoms with Crippen LogP contribution >= 0.6 is 23.2 Å². The number of Topliss-reactive ketones (excluding diaryl/α,β-unsaturated/α-hetero) is 1. The molecule has 0 bridgehead atoms. The van der Waals surface area contributed by atoms with Gasteiger partial charge in [0.15, 0.2) is 12.4 Å². The molecular weight excluding hydrogens is 443 g/mol. The third-order valence-electron chi connectivity index (χ3n) is 4.18. The van der Waals surface area contributed by atoms with Gasteiger partial charge in [-0.25, -0.2) is 9.59 Å². The molecule has 0 aliphatic heterocycles. The molecule has 0 radical (unpaired) electrons. The highest BCUT2D eigenvalue weighted by Crippen LogP contribution is 2.23. The Kier molecular flexibility index (Phi) is 7.28. The third-order valence-corrected chi connectivity index (χ3v) is 4.92. The first-order valence-corrected chi connectivity index (χ1v) is 9.74. The number of ketones is 1. The molecule has 0 N–H and O–H groups in total. The predicted octanol–water partition coefficient (Wildman–Crippen LogP) is 5.26. The van der Waals surface area contributed by atoms with E-state index in [1.54, 1.807) is 24.3 Å². The Labute approximate surface area is 188 Å². The molecular formula is C23H16Cl2O6.